The Hall–Kier alpha value is -0.610. The van der Waals surface area contributed by atoms with Gasteiger partial charge < -0.3 is 4.74 Å². The Kier molecular flexibility index (Phi) is 5.25. The van der Waals surface area contributed by atoms with E-state index in [1.807, 2.05) is 33.1 Å². The van der Waals surface area contributed by atoms with Crippen molar-refractivity contribution in [1.82, 2.24) is 0 Å². The van der Waals surface area contributed by atoms with Crippen molar-refractivity contribution >= 4 is 28.4 Å². The van der Waals surface area contributed by atoms with E-state index in [1.165, 1.54) is 11.8 Å². The Labute approximate surface area is 131 Å². The summed E-state index contributed by atoms with van der Waals surface area (Å²) < 4.78 is 20.3. The molecular weight excluding hydrogens is 291 g/mol. The first-order chi connectivity index (χ1) is 8.96. The Morgan fingerprint density at radius 2 is 1.65 bits per heavy atom. The van der Waals surface area contributed by atoms with E-state index in [0.717, 1.165) is 11.1 Å². The second-order valence-electron chi connectivity index (χ2n) is 6.89. The Bertz CT molecular complexity index is 510. The molecule has 0 aliphatic heterocycles. The van der Waals surface area contributed by atoms with E-state index in [2.05, 4.69) is 20.8 Å². The predicted molar refractivity (Wildman–Crippen MR) is 90.5 cm³/mol. The second-order valence-corrected chi connectivity index (χ2v) is 8.30. The van der Waals surface area contributed by atoms with Crippen LogP contribution < -0.4 is 4.74 Å². The van der Waals surface area contributed by atoms with E-state index in [9.17, 15) is 4.39 Å². The van der Waals surface area contributed by atoms with E-state index < -0.39 is 0 Å². The molecule has 4 heteroatoms. The summed E-state index contributed by atoms with van der Waals surface area (Å²) >= 11 is 6.36. The molecule has 0 unspecified atom stereocenters. The predicted octanol–water partition coefficient (Wildman–Crippen LogP) is 5.45. The second kappa shape index (κ2) is 6.02. The van der Waals surface area contributed by atoms with Crippen LogP contribution in [-0.2, 0) is 10.8 Å². The number of benzene rings is 1. The Morgan fingerprint density at radius 3 is 2.05 bits per heavy atom. The monoisotopic (exact) mass is 314 g/mol. The molecule has 0 radical (unpaired) electrons. The summed E-state index contributed by atoms with van der Waals surface area (Å²) in [7, 11) is 0. The van der Waals surface area contributed by atoms with Gasteiger partial charge in [0.15, 0.2) is 11.6 Å². The summed E-state index contributed by atoms with van der Waals surface area (Å²) in [5.74, 6) is -0.0939. The first-order valence-corrected chi connectivity index (χ1v) is 8.20. The number of ether oxygens (including phenoxy) is 1. The number of rotatable bonds is 1. The summed E-state index contributed by atoms with van der Waals surface area (Å²) in [5.41, 5.74) is 1.48. The van der Waals surface area contributed by atoms with E-state index in [1.54, 1.807) is 6.07 Å². The maximum absolute atomic E-state index is 14.5. The fourth-order valence-electron chi connectivity index (χ4n) is 1.81. The van der Waals surface area contributed by atoms with Crippen molar-refractivity contribution in [2.75, 3.05) is 6.26 Å². The highest BCUT2D eigenvalue weighted by Crippen LogP contribution is 2.38. The zero-order valence-electron chi connectivity index (χ0n) is 13.3. The third-order valence-electron chi connectivity index (χ3n) is 3.07. The molecule has 0 atom stereocenters. The van der Waals surface area contributed by atoms with E-state index >= 15 is 0 Å². The maximum Gasteiger partial charge on any atom is 0.225 e. The van der Waals surface area contributed by atoms with Gasteiger partial charge in [-0.1, -0.05) is 59.4 Å². The van der Waals surface area contributed by atoms with Crippen molar-refractivity contribution in [1.29, 1.82) is 0 Å². The normalized spacial score (nSPS) is 12.4. The first-order valence-electron chi connectivity index (χ1n) is 6.57. The minimum Gasteiger partial charge on any atom is -0.436 e. The molecule has 1 aromatic rings. The highest BCUT2D eigenvalue weighted by molar-refractivity contribution is 8.22. The molecular formula is C16H23FOS2. The molecule has 0 spiro atoms. The number of hydrogen-bond acceptors (Lipinski definition) is 3. The summed E-state index contributed by atoms with van der Waals surface area (Å²) in [4.78, 5) is 0. The van der Waals surface area contributed by atoms with E-state index in [0.29, 0.717) is 4.38 Å². The molecule has 0 amide bonds. The fourth-order valence-corrected chi connectivity index (χ4v) is 2.06. The van der Waals surface area contributed by atoms with Crippen LogP contribution in [0.3, 0.4) is 0 Å². The van der Waals surface area contributed by atoms with Gasteiger partial charge in [0.1, 0.15) is 0 Å². The molecule has 0 fully saturated rings. The topological polar surface area (TPSA) is 9.23 Å². The molecule has 1 aromatic carbocycles. The zero-order chi connectivity index (χ0) is 15.7. The lowest BCUT2D eigenvalue weighted by molar-refractivity contribution is 0.466. The molecule has 1 nitrogen and oxygen atoms in total. The summed E-state index contributed by atoms with van der Waals surface area (Å²) in [6, 6.07) is 3.58. The largest absolute Gasteiger partial charge is 0.436 e. The van der Waals surface area contributed by atoms with Gasteiger partial charge in [-0.05, 0) is 40.9 Å². The molecule has 0 N–H and O–H groups in total. The molecule has 0 bridgehead atoms. The standard InChI is InChI=1S/C16H23FOS2/c1-15(2,3)10-8-11(16(4,5)6)13(12(17)9-10)18-14(19)20-7/h8-9H,1-7H3. The average Bonchev–Trinajstić information content (AvgIpc) is 2.28. The molecule has 0 aromatic heterocycles. The number of hydrogen-bond donors (Lipinski definition) is 0. The lowest BCUT2D eigenvalue weighted by atomic mass is 9.80. The molecule has 0 saturated carbocycles. The van der Waals surface area contributed by atoms with Crippen LogP contribution in [0.2, 0.25) is 0 Å². The third kappa shape index (κ3) is 4.19. The van der Waals surface area contributed by atoms with Gasteiger partial charge in [-0.2, -0.15) is 0 Å². The first kappa shape index (κ1) is 17.4. The van der Waals surface area contributed by atoms with Gasteiger partial charge in [0.25, 0.3) is 0 Å². The molecule has 1 rings (SSSR count). The van der Waals surface area contributed by atoms with Crippen molar-refractivity contribution in [3.8, 4) is 5.75 Å². The summed E-state index contributed by atoms with van der Waals surface area (Å²) in [6.07, 6.45) is 1.82. The van der Waals surface area contributed by atoms with E-state index in [-0.39, 0.29) is 22.4 Å². The van der Waals surface area contributed by atoms with Crippen LogP contribution in [0.25, 0.3) is 0 Å². The molecule has 0 saturated heterocycles. The molecule has 20 heavy (non-hydrogen) atoms. The maximum atomic E-state index is 14.5. The highest BCUT2D eigenvalue weighted by atomic mass is 32.2. The Morgan fingerprint density at radius 1 is 1.10 bits per heavy atom. The van der Waals surface area contributed by atoms with Crippen molar-refractivity contribution < 1.29 is 9.13 Å². The number of thiocarbonyl (C=S) groups is 1. The number of thioether (sulfide) groups is 1. The molecule has 0 heterocycles. The van der Waals surface area contributed by atoms with Gasteiger partial charge in [-0.3, -0.25) is 0 Å². The summed E-state index contributed by atoms with van der Waals surface area (Å²) in [5, 5.41) is 0. The van der Waals surface area contributed by atoms with Crippen LogP contribution in [0.5, 0.6) is 5.75 Å². The third-order valence-corrected chi connectivity index (χ3v) is 4.07. The lowest BCUT2D eigenvalue weighted by Gasteiger charge is -2.27. The van der Waals surface area contributed by atoms with Crippen molar-refractivity contribution in [3.63, 3.8) is 0 Å². The van der Waals surface area contributed by atoms with Crippen LogP contribution in [0.1, 0.15) is 52.7 Å². The van der Waals surface area contributed by atoms with Crippen LogP contribution in [-0.4, -0.2) is 10.6 Å². The highest BCUT2D eigenvalue weighted by Gasteiger charge is 2.26. The van der Waals surface area contributed by atoms with Crippen LogP contribution in [0.15, 0.2) is 12.1 Å². The quantitative estimate of drug-likeness (QED) is 0.638. The molecule has 112 valence electrons. The minimum absolute atomic E-state index is 0.112. The average molecular weight is 314 g/mol. The Balaban J connectivity index is 3.47. The van der Waals surface area contributed by atoms with Gasteiger partial charge in [-0.25, -0.2) is 4.39 Å². The smallest absolute Gasteiger partial charge is 0.225 e. The van der Waals surface area contributed by atoms with Crippen molar-refractivity contribution in [2.45, 2.75) is 52.4 Å². The van der Waals surface area contributed by atoms with Gasteiger partial charge in [-0.15, -0.1) is 0 Å². The van der Waals surface area contributed by atoms with Gasteiger partial charge >= 0.3 is 0 Å². The van der Waals surface area contributed by atoms with Gasteiger partial charge in [0, 0.05) is 5.56 Å². The number of halogens is 1. The minimum atomic E-state index is -0.348. The van der Waals surface area contributed by atoms with Crippen LogP contribution >= 0.6 is 24.0 Å². The van der Waals surface area contributed by atoms with Gasteiger partial charge in [0.05, 0.1) is 0 Å². The van der Waals surface area contributed by atoms with Crippen LogP contribution in [0, 0.1) is 5.82 Å². The fraction of sp³-hybridized carbons (Fsp3) is 0.562. The molecule has 0 aliphatic carbocycles. The van der Waals surface area contributed by atoms with E-state index in [4.69, 9.17) is 17.0 Å². The van der Waals surface area contributed by atoms with Crippen LogP contribution in [0.4, 0.5) is 4.39 Å². The SMILES string of the molecule is CSC(=S)Oc1c(F)cc(C(C)(C)C)cc1C(C)(C)C. The summed E-state index contributed by atoms with van der Waals surface area (Å²) in [6.45, 7) is 12.3. The molecule has 0 aliphatic rings. The van der Waals surface area contributed by atoms with Gasteiger partial charge in [0.2, 0.25) is 4.38 Å². The van der Waals surface area contributed by atoms with Crippen molar-refractivity contribution in [3.05, 3.63) is 29.1 Å². The van der Waals surface area contributed by atoms with Crippen molar-refractivity contribution in [2.24, 2.45) is 0 Å². The lowest BCUT2D eigenvalue weighted by Crippen LogP contribution is -2.19. The zero-order valence-corrected chi connectivity index (χ0v) is 14.9.